The highest BCUT2D eigenvalue weighted by atomic mass is 16.5. The molecule has 0 aliphatic carbocycles. The quantitative estimate of drug-likeness (QED) is 0.767. The summed E-state index contributed by atoms with van der Waals surface area (Å²) in [5.74, 6) is 0.769. The van der Waals surface area contributed by atoms with Crippen LogP contribution in [0.5, 0.6) is 0 Å². The lowest BCUT2D eigenvalue weighted by atomic mass is 9.80. The maximum absolute atomic E-state index is 12.5. The van der Waals surface area contributed by atoms with Crippen LogP contribution in [0.3, 0.4) is 0 Å². The molecule has 4 heterocycles. The molecule has 2 aliphatic heterocycles. The van der Waals surface area contributed by atoms with Gasteiger partial charge in [0.15, 0.2) is 0 Å². The number of rotatable bonds is 6. The second-order valence-electron chi connectivity index (χ2n) is 7.58. The summed E-state index contributed by atoms with van der Waals surface area (Å²) >= 11 is 0. The summed E-state index contributed by atoms with van der Waals surface area (Å²) in [7, 11) is 1.96. The van der Waals surface area contributed by atoms with Crippen LogP contribution in [0.25, 0.3) is 0 Å². The standard InChI is InChI=1S/C20H26N6O2/c1-3-4-5-17(27)26-7-6-20(12-26)13-28-11-15-8-22-19(24-18(15)20)23-10-16-9-21-14-25(16)2/h3,8-9,14H,1,4-7,10-13H2,2H3,(H,22,23,24)/t20-/m0/s1. The van der Waals surface area contributed by atoms with Crippen LogP contribution in [-0.2, 0) is 35.1 Å². The molecule has 1 amide bonds. The Morgan fingerprint density at radius 1 is 1.46 bits per heavy atom. The van der Waals surface area contributed by atoms with Gasteiger partial charge in [0.2, 0.25) is 11.9 Å². The van der Waals surface area contributed by atoms with E-state index in [1.165, 1.54) is 0 Å². The number of allylic oxidation sites excluding steroid dienone is 1. The van der Waals surface area contributed by atoms with E-state index in [0.29, 0.717) is 45.1 Å². The second-order valence-corrected chi connectivity index (χ2v) is 7.58. The molecular formula is C20H26N6O2. The zero-order valence-corrected chi connectivity index (χ0v) is 16.2. The van der Waals surface area contributed by atoms with Crippen molar-refractivity contribution in [2.45, 2.75) is 37.8 Å². The Bertz CT molecular complexity index is 879. The Morgan fingerprint density at radius 3 is 3.14 bits per heavy atom. The molecule has 1 atom stereocenters. The van der Waals surface area contributed by atoms with Crippen LogP contribution in [0.4, 0.5) is 5.95 Å². The first-order valence-electron chi connectivity index (χ1n) is 9.63. The van der Waals surface area contributed by atoms with Crippen molar-refractivity contribution in [1.29, 1.82) is 0 Å². The molecule has 28 heavy (non-hydrogen) atoms. The summed E-state index contributed by atoms with van der Waals surface area (Å²) in [5.41, 5.74) is 2.83. The number of nitrogens with one attached hydrogen (secondary N) is 1. The number of aromatic nitrogens is 4. The molecule has 1 saturated heterocycles. The van der Waals surface area contributed by atoms with E-state index in [2.05, 4.69) is 21.9 Å². The van der Waals surface area contributed by atoms with Crippen molar-refractivity contribution < 1.29 is 9.53 Å². The van der Waals surface area contributed by atoms with Crippen LogP contribution in [0, 0.1) is 0 Å². The van der Waals surface area contributed by atoms with Gasteiger partial charge in [-0.1, -0.05) is 6.08 Å². The zero-order chi connectivity index (χ0) is 19.6. The molecule has 8 nitrogen and oxygen atoms in total. The number of aryl methyl sites for hydroxylation is 1. The molecule has 0 radical (unpaired) electrons. The molecule has 4 rings (SSSR count). The summed E-state index contributed by atoms with van der Waals surface area (Å²) in [6.45, 7) is 6.79. The molecule has 0 aromatic carbocycles. The Labute approximate surface area is 164 Å². The van der Waals surface area contributed by atoms with Crippen LogP contribution >= 0.6 is 0 Å². The van der Waals surface area contributed by atoms with Gasteiger partial charge >= 0.3 is 0 Å². The summed E-state index contributed by atoms with van der Waals surface area (Å²) in [5, 5.41) is 3.29. The van der Waals surface area contributed by atoms with Crippen LogP contribution in [0.2, 0.25) is 0 Å². The SMILES string of the molecule is C=CCCC(=O)N1CC[C@@]2(COCc3cnc(NCc4cncn4C)nc32)C1. The van der Waals surface area contributed by atoms with Gasteiger partial charge in [-0.25, -0.2) is 15.0 Å². The van der Waals surface area contributed by atoms with Gasteiger partial charge in [0.25, 0.3) is 0 Å². The van der Waals surface area contributed by atoms with Crippen molar-refractivity contribution in [3.05, 3.63) is 48.3 Å². The molecule has 2 aromatic rings. The van der Waals surface area contributed by atoms with Crippen molar-refractivity contribution in [3.63, 3.8) is 0 Å². The summed E-state index contributed by atoms with van der Waals surface area (Å²) < 4.78 is 7.81. The Kier molecular flexibility index (Phi) is 5.13. The van der Waals surface area contributed by atoms with E-state index in [1.54, 1.807) is 12.4 Å². The van der Waals surface area contributed by atoms with Crippen molar-refractivity contribution in [2.24, 2.45) is 7.05 Å². The number of fused-ring (bicyclic) bond motifs is 2. The Hall–Kier alpha value is -2.74. The minimum absolute atomic E-state index is 0.174. The van der Waals surface area contributed by atoms with Crippen molar-refractivity contribution in [3.8, 4) is 0 Å². The van der Waals surface area contributed by atoms with E-state index in [1.807, 2.05) is 28.9 Å². The van der Waals surface area contributed by atoms with E-state index < -0.39 is 0 Å². The van der Waals surface area contributed by atoms with Gasteiger partial charge in [-0.15, -0.1) is 6.58 Å². The fraction of sp³-hybridized carbons (Fsp3) is 0.500. The van der Waals surface area contributed by atoms with E-state index in [4.69, 9.17) is 9.72 Å². The number of hydrogen-bond acceptors (Lipinski definition) is 6. The molecule has 2 aromatic heterocycles. The smallest absolute Gasteiger partial charge is 0.223 e. The maximum atomic E-state index is 12.5. The summed E-state index contributed by atoms with van der Waals surface area (Å²) in [6.07, 6.45) is 9.30. The predicted molar refractivity (Wildman–Crippen MR) is 105 cm³/mol. The number of ether oxygens (including phenoxy) is 1. The first-order valence-corrected chi connectivity index (χ1v) is 9.63. The largest absolute Gasteiger partial charge is 0.376 e. The Balaban J connectivity index is 1.52. The molecule has 8 heteroatoms. The molecule has 0 unspecified atom stereocenters. The first kappa shape index (κ1) is 18.6. The molecule has 0 saturated carbocycles. The van der Waals surface area contributed by atoms with E-state index in [9.17, 15) is 4.79 Å². The average molecular weight is 382 g/mol. The minimum atomic E-state index is -0.247. The van der Waals surface area contributed by atoms with Gasteiger partial charge < -0.3 is 19.5 Å². The zero-order valence-electron chi connectivity index (χ0n) is 16.2. The lowest BCUT2D eigenvalue weighted by Gasteiger charge is -2.34. The number of amides is 1. The molecule has 2 aliphatic rings. The predicted octanol–water partition coefficient (Wildman–Crippen LogP) is 1.79. The first-order chi connectivity index (χ1) is 13.6. The van der Waals surface area contributed by atoms with Crippen LogP contribution in [0.15, 0.2) is 31.4 Å². The second kappa shape index (κ2) is 7.71. The molecule has 1 spiro atoms. The van der Waals surface area contributed by atoms with Gasteiger partial charge in [0, 0.05) is 44.5 Å². The van der Waals surface area contributed by atoms with E-state index in [-0.39, 0.29) is 11.3 Å². The topological polar surface area (TPSA) is 85.2 Å². The van der Waals surface area contributed by atoms with Crippen LogP contribution in [0.1, 0.15) is 36.2 Å². The van der Waals surface area contributed by atoms with Crippen molar-refractivity contribution in [1.82, 2.24) is 24.4 Å². The van der Waals surface area contributed by atoms with Crippen LogP contribution < -0.4 is 5.32 Å². The van der Waals surface area contributed by atoms with E-state index >= 15 is 0 Å². The number of hydrogen-bond donors (Lipinski definition) is 1. The highest BCUT2D eigenvalue weighted by Crippen LogP contribution is 2.39. The summed E-state index contributed by atoms with van der Waals surface area (Å²) in [6, 6.07) is 0. The summed E-state index contributed by atoms with van der Waals surface area (Å²) in [4.78, 5) is 27.8. The number of likely N-dealkylation sites (tertiary alicyclic amines) is 1. The lowest BCUT2D eigenvalue weighted by molar-refractivity contribution is -0.130. The fourth-order valence-corrected chi connectivity index (χ4v) is 3.99. The number of carbonyl (C=O) groups is 1. The molecule has 148 valence electrons. The van der Waals surface area contributed by atoms with Gasteiger partial charge in [0.05, 0.1) is 42.9 Å². The third-order valence-corrected chi connectivity index (χ3v) is 5.62. The van der Waals surface area contributed by atoms with Gasteiger partial charge in [0.1, 0.15) is 0 Å². The molecule has 1 N–H and O–H groups in total. The number of imidazole rings is 1. The molecular weight excluding hydrogens is 356 g/mol. The highest BCUT2D eigenvalue weighted by Gasteiger charge is 2.46. The number of nitrogens with zero attached hydrogens (tertiary/aromatic N) is 5. The maximum Gasteiger partial charge on any atom is 0.223 e. The van der Waals surface area contributed by atoms with Gasteiger partial charge in [-0.05, 0) is 12.8 Å². The fourth-order valence-electron chi connectivity index (χ4n) is 3.99. The average Bonchev–Trinajstić information content (AvgIpc) is 3.32. The molecule has 1 fully saturated rings. The highest BCUT2D eigenvalue weighted by molar-refractivity contribution is 5.77. The Morgan fingerprint density at radius 2 is 2.36 bits per heavy atom. The van der Waals surface area contributed by atoms with Crippen molar-refractivity contribution >= 4 is 11.9 Å². The third-order valence-electron chi connectivity index (χ3n) is 5.62. The van der Waals surface area contributed by atoms with E-state index in [0.717, 1.165) is 29.9 Å². The number of carbonyl (C=O) groups excluding carboxylic acids is 1. The monoisotopic (exact) mass is 382 g/mol. The lowest BCUT2D eigenvalue weighted by Crippen LogP contribution is -2.41. The third kappa shape index (κ3) is 3.52. The normalized spacial score (nSPS) is 21.0. The van der Waals surface area contributed by atoms with Gasteiger partial charge in [-0.2, -0.15) is 0 Å². The van der Waals surface area contributed by atoms with Crippen LogP contribution in [-0.4, -0.2) is 50.0 Å². The number of anilines is 1. The molecule has 0 bridgehead atoms. The minimum Gasteiger partial charge on any atom is -0.376 e. The van der Waals surface area contributed by atoms with Gasteiger partial charge in [-0.3, -0.25) is 4.79 Å². The van der Waals surface area contributed by atoms with Crippen molar-refractivity contribution in [2.75, 3.05) is 25.0 Å².